The first-order chi connectivity index (χ1) is 9.62. The van der Waals surface area contributed by atoms with Gasteiger partial charge in [0.05, 0.1) is 6.61 Å². The SMILES string of the molecule is C=CCNC(=O)/C(C#N)=C\c1cc(Br)ccc1OCC. The highest BCUT2D eigenvalue weighted by atomic mass is 79.9. The van der Waals surface area contributed by atoms with Crippen molar-refractivity contribution >= 4 is 27.9 Å². The molecule has 1 N–H and O–H groups in total. The largest absolute Gasteiger partial charge is 0.493 e. The lowest BCUT2D eigenvalue weighted by molar-refractivity contribution is -0.116. The van der Waals surface area contributed by atoms with Gasteiger partial charge in [-0.2, -0.15) is 5.26 Å². The molecule has 20 heavy (non-hydrogen) atoms. The molecule has 0 aromatic heterocycles. The lowest BCUT2D eigenvalue weighted by atomic mass is 10.1. The predicted molar refractivity (Wildman–Crippen MR) is 82.1 cm³/mol. The van der Waals surface area contributed by atoms with E-state index in [1.807, 2.05) is 19.1 Å². The van der Waals surface area contributed by atoms with E-state index in [1.54, 1.807) is 18.2 Å². The van der Waals surface area contributed by atoms with Crippen LogP contribution in [0, 0.1) is 11.3 Å². The molecular formula is C15H15BrN2O2. The number of carbonyl (C=O) groups is 1. The molecule has 1 amide bonds. The standard InChI is InChI=1S/C15H15BrN2O2/c1-3-7-18-15(19)12(10-17)8-11-9-13(16)5-6-14(11)20-4-2/h3,5-6,8-9H,1,4,7H2,2H3,(H,18,19)/b12-8-. The van der Waals surface area contributed by atoms with Crippen LogP contribution in [-0.2, 0) is 4.79 Å². The maximum Gasteiger partial charge on any atom is 0.262 e. The molecule has 0 saturated carbocycles. The van der Waals surface area contributed by atoms with Crippen molar-refractivity contribution in [3.05, 3.63) is 46.5 Å². The number of hydrogen-bond donors (Lipinski definition) is 1. The summed E-state index contributed by atoms with van der Waals surface area (Å²) >= 11 is 3.36. The number of benzene rings is 1. The summed E-state index contributed by atoms with van der Waals surface area (Å²) in [5.41, 5.74) is 0.692. The summed E-state index contributed by atoms with van der Waals surface area (Å²) in [5.74, 6) is 0.190. The highest BCUT2D eigenvalue weighted by Crippen LogP contribution is 2.25. The Kier molecular flexibility index (Phi) is 6.54. The first-order valence-corrected chi connectivity index (χ1v) is 6.85. The number of halogens is 1. The number of nitrogens with one attached hydrogen (secondary N) is 1. The highest BCUT2D eigenvalue weighted by Gasteiger charge is 2.10. The highest BCUT2D eigenvalue weighted by molar-refractivity contribution is 9.10. The normalized spacial score (nSPS) is 10.6. The van der Waals surface area contributed by atoms with E-state index in [0.717, 1.165) is 4.47 Å². The van der Waals surface area contributed by atoms with Crippen molar-refractivity contribution in [2.75, 3.05) is 13.2 Å². The second-order valence-electron chi connectivity index (χ2n) is 3.78. The van der Waals surface area contributed by atoms with Gasteiger partial charge in [-0.05, 0) is 31.2 Å². The number of carbonyl (C=O) groups excluding carboxylic acids is 1. The monoisotopic (exact) mass is 334 g/mol. The lowest BCUT2D eigenvalue weighted by Gasteiger charge is -2.08. The molecular weight excluding hydrogens is 320 g/mol. The third-order valence-corrected chi connectivity index (χ3v) is 2.84. The smallest absolute Gasteiger partial charge is 0.262 e. The number of amides is 1. The van der Waals surface area contributed by atoms with E-state index >= 15 is 0 Å². The first kappa shape index (κ1) is 16.0. The van der Waals surface area contributed by atoms with Crippen molar-refractivity contribution in [1.82, 2.24) is 5.32 Å². The average Bonchev–Trinajstić information content (AvgIpc) is 2.44. The Morgan fingerprint density at radius 3 is 2.95 bits per heavy atom. The Bertz CT molecular complexity index is 574. The van der Waals surface area contributed by atoms with Crippen LogP contribution in [0.15, 0.2) is 40.9 Å². The molecule has 1 aromatic rings. The maximum atomic E-state index is 11.8. The van der Waals surface area contributed by atoms with Gasteiger partial charge in [-0.3, -0.25) is 4.79 Å². The maximum absolute atomic E-state index is 11.8. The minimum Gasteiger partial charge on any atom is -0.493 e. The summed E-state index contributed by atoms with van der Waals surface area (Å²) in [6, 6.07) is 7.31. The van der Waals surface area contributed by atoms with Gasteiger partial charge >= 0.3 is 0 Å². The second kappa shape index (κ2) is 8.18. The number of nitrogens with zero attached hydrogens (tertiary/aromatic N) is 1. The molecule has 0 aliphatic carbocycles. The van der Waals surface area contributed by atoms with Gasteiger partial charge in [0.25, 0.3) is 5.91 Å². The number of hydrogen-bond acceptors (Lipinski definition) is 3. The van der Waals surface area contributed by atoms with E-state index in [9.17, 15) is 4.79 Å². The molecule has 4 nitrogen and oxygen atoms in total. The van der Waals surface area contributed by atoms with Crippen LogP contribution >= 0.6 is 15.9 Å². The Balaban J connectivity index is 3.11. The van der Waals surface area contributed by atoms with Crippen LogP contribution in [0.2, 0.25) is 0 Å². The zero-order chi connectivity index (χ0) is 15.0. The number of rotatable bonds is 6. The van der Waals surface area contributed by atoms with Gasteiger partial charge < -0.3 is 10.1 Å². The zero-order valence-corrected chi connectivity index (χ0v) is 12.7. The third-order valence-electron chi connectivity index (χ3n) is 2.34. The summed E-state index contributed by atoms with van der Waals surface area (Å²) in [7, 11) is 0. The fourth-order valence-corrected chi connectivity index (χ4v) is 1.86. The Hall–Kier alpha value is -2.06. The molecule has 104 valence electrons. The van der Waals surface area contributed by atoms with Gasteiger partial charge in [-0.15, -0.1) is 6.58 Å². The molecule has 0 spiro atoms. The fourth-order valence-electron chi connectivity index (χ4n) is 1.48. The molecule has 1 aromatic carbocycles. The van der Waals surface area contributed by atoms with Gasteiger partial charge in [0.2, 0.25) is 0 Å². The van der Waals surface area contributed by atoms with E-state index in [0.29, 0.717) is 24.5 Å². The fraction of sp³-hybridized carbons (Fsp3) is 0.200. The molecule has 5 heteroatoms. The van der Waals surface area contributed by atoms with Crippen LogP contribution in [0.3, 0.4) is 0 Å². The molecule has 0 aliphatic heterocycles. The molecule has 0 bridgehead atoms. The van der Waals surface area contributed by atoms with Crippen LogP contribution in [0.5, 0.6) is 5.75 Å². The van der Waals surface area contributed by atoms with Crippen LogP contribution in [0.1, 0.15) is 12.5 Å². The van der Waals surface area contributed by atoms with Crippen molar-refractivity contribution in [2.45, 2.75) is 6.92 Å². The van der Waals surface area contributed by atoms with E-state index in [1.165, 1.54) is 6.08 Å². The summed E-state index contributed by atoms with van der Waals surface area (Å²) < 4.78 is 6.32. The summed E-state index contributed by atoms with van der Waals surface area (Å²) in [6.45, 7) is 6.20. The average molecular weight is 335 g/mol. The number of nitriles is 1. The van der Waals surface area contributed by atoms with Gasteiger partial charge in [-0.1, -0.05) is 22.0 Å². The Morgan fingerprint density at radius 2 is 2.35 bits per heavy atom. The van der Waals surface area contributed by atoms with E-state index < -0.39 is 5.91 Å². The first-order valence-electron chi connectivity index (χ1n) is 6.05. The van der Waals surface area contributed by atoms with Gasteiger partial charge in [0.1, 0.15) is 17.4 Å². The molecule has 0 radical (unpaired) electrons. The van der Waals surface area contributed by atoms with Crippen LogP contribution < -0.4 is 10.1 Å². The molecule has 0 unspecified atom stereocenters. The summed E-state index contributed by atoms with van der Waals surface area (Å²) in [6.07, 6.45) is 3.06. The molecule has 0 heterocycles. The molecule has 0 atom stereocenters. The van der Waals surface area contributed by atoms with Crippen LogP contribution in [-0.4, -0.2) is 19.1 Å². The van der Waals surface area contributed by atoms with Crippen molar-refractivity contribution in [3.63, 3.8) is 0 Å². The third kappa shape index (κ3) is 4.56. The number of ether oxygens (including phenoxy) is 1. The van der Waals surface area contributed by atoms with Crippen molar-refractivity contribution in [1.29, 1.82) is 5.26 Å². The summed E-state index contributed by atoms with van der Waals surface area (Å²) in [4.78, 5) is 11.8. The predicted octanol–water partition coefficient (Wildman–Crippen LogP) is 3.06. The minimum absolute atomic E-state index is 0.0194. The summed E-state index contributed by atoms with van der Waals surface area (Å²) in [5, 5.41) is 11.7. The Labute approximate surface area is 126 Å². The lowest BCUT2D eigenvalue weighted by Crippen LogP contribution is -2.24. The van der Waals surface area contributed by atoms with Gasteiger partial charge in [0, 0.05) is 16.6 Å². The van der Waals surface area contributed by atoms with Crippen LogP contribution in [0.4, 0.5) is 0 Å². The molecule has 0 aliphatic rings. The molecule has 1 rings (SSSR count). The minimum atomic E-state index is -0.435. The van der Waals surface area contributed by atoms with Crippen molar-refractivity contribution in [2.24, 2.45) is 0 Å². The topological polar surface area (TPSA) is 62.1 Å². The van der Waals surface area contributed by atoms with Gasteiger partial charge in [-0.25, -0.2) is 0 Å². The quantitative estimate of drug-likeness (QED) is 0.494. The van der Waals surface area contributed by atoms with Gasteiger partial charge in [0.15, 0.2) is 0 Å². The molecule has 0 saturated heterocycles. The second-order valence-corrected chi connectivity index (χ2v) is 4.70. The van der Waals surface area contributed by atoms with E-state index in [4.69, 9.17) is 10.00 Å². The van der Waals surface area contributed by atoms with Crippen LogP contribution in [0.25, 0.3) is 6.08 Å². The zero-order valence-electron chi connectivity index (χ0n) is 11.1. The van der Waals surface area contributed by atoms with E-state index in [2.05, 4.69) is 27.8 Å². The Morgan fingerprint density at radius 1 is 1.60 bits per heavy atom. The van der Waals surface area contributed by atoms with Crippen molar-refractivity contribution in [3.8, 4) is 11.8 Å². The van der Waals surface area contributed by atoms with Crippen molar-refractivity contribution < 1.29 is 9.53 Å². The molecule has 0 fully saturated rings. The van der Waals surface area contributed by atoms with E-state index in [-0.39, 0.29) is 5.57 Å².